The van der Waals surface area contributed by atoms with Gasteiger partial charge in [-0.2, -0.15) is 0 Å². The van der Waals surface area contributed by atoms with Crippen molar-refractivity contribution in [2.45, 2.75) is 58.3 Å². The number of aromatic nitrogens is 2. The van der Waals surface area contributed by atoms with Crippen LogP contribution in [0.25, 0.3) is 32.7 Å². The molecule has 0 aliphatic carbocycles. The van der Waals surface area contributed by atoms with E-state index in [0.29, 0.717) is 86.7 Å². The number of ether oxygens (including phenoxy) is 2. The van der Waals surface area contributed by atoms with E-state index in [1.54, 1.807) is 49.4 Å². The van der Waals surface area contributed by atoms with Gasteiger partial charge in [-0.3, -0.25) is 9.13 Å². The molecule has 2 atom stereocenters. The second-order valence-corrected chi connectivity index (χ2v) is 19.1. The molecule has 0 saturated carbocycles. The number of hydrogen-bond donors (Lipinski definition) is 5. The molecule has 13 heteroatoms. The highest BCUT2D eigenvalue weighted by Crippen LogP contribution is 2.49. The van der Waals surface area contributed by atoms with Crippen molar-refractivity contribution in [3.05, 3.63) is 213 Å². The van der Waals surface area contributed by atoms with Gasteiger partial charge in [0.25, 0.3) is 5.70 Å². The number of aromatic hydroxyl groups is 5. The first-order valence-corrected chi connectivity index (χ1v) is 25.4. The smallest absolute Gasteiger partial charge is 0.269 e. The van der Waals surface area contributed by atoms with Crippen molar-refractivity contribution in [2.24, 2.45) is 4.99 Å². The monoisotopic (exact) mass is 1010 g/mol. The number of hydrogen-bond acceptors (Lipinski definition) is 10. The lowest BCUT2D eigenvalue weighted by atomic mass is 9.82. The van der Waals surface area contributed by atoms with Crippen LogP contribution < -0.4 is 24.9 Å². The quantitative estimate of drug-likeness (QED) is 0.0556. The average Bonchev–Trinajstić information content (AvgIpc) is 3.84. The molecule has 1 aliphatic rings. The molecule has 5 N–H and O–H groups in total. The second-order valence-electron chi connectivity index (χ2n) is 19.1. The Morgan fingerprint density at radius 2 is 1.34 bits per heavy atom. The number of anilines is 1. The van der Waals surface area contributed by atoms with Gasteiger partial charge in [0.05, 0.1) is 30.6 Å². The first kappa shape index (κ1) is 50.0. The minimum absolute atomic E-state index is 0.0168. The summed E-state index contributed by atoms with van der Waals surface area (Å²) in [7, 11) is 0. The summed E-state index contributed by atoms with van der Waals surface area (Å²) < 4.78 is 15.6. The molecule has 0 bridgehead atoms. The molecule has 10 rings (SSSR count). The maximum Gasteiger partial charge on any atom is 0.269 e. The molecule has 76 heavy (non-hydrogen) atoms. The third kappa shape index (κ3) is 9.58. The summed E-state index contributed by atoms with van der Waals surface area (Å²) in [5.41, 5.74) is 6.38. The third-order valence-electron chi connectivity index (χ3n) is 14.4. The number of nitriles is 1. The first-order valence-electron chi connectivity index (χ1n) is 25.4. The number of rotatable bonds is 17. The lowest BCUT2D eigenvalue weighted by molar-refractivity contribution is 0.323. The highest BCUT2D eigenvalue weighted by molar-refractivity contribution is 5.89. The van der Waals surface area contributed by atoms with Crippen LogP contribution in [0, 0.1) is 24.8 Å². The van der Waals surface area contributed by atoms with Crippen LogP contribution in [0.4, 0.5) is 11.4 Å². The normalized spacial score (nSPS) is 12.8. The SMILES string of the molecule is [C-]#[N+]C(C#N)=c1cc2c(c3ccccc13)=Nc1ccc(N(CCCC)CCOc3ccc(-n4c(O)c(C)c(CC(c5ccccc5)c5c(CC(C)c6ccccc6)c(O)n(-c6ccc(O)cc6)c5O)c4O)cc3)cc1O2. The molecule has 0 amide bonds. The van der Waals surface area contributed by atoms with E-state index < -0.39 is 5.92 Å². The Labute approximate surface area is 440 Å². The van der Waals surface area contributed by atoms with Gasteiger partial charge < -0.3 is 39.9 Å². The number of nitrogens with zero attached hydrogens (tertiary/aromatic N) is 6. The molecular weight excluding hydrogens is 953 g/mol. The van der Waals surface area contributed by atoms with Gasteiger partial charge in [-0.25, -0.2) is 15.1 Å². The fraction of sp³-hybridized carbons (Fsp3) is 0.190. The molecule has 0 fully saturated rings. The Balaban J connectivity index is 0.904. The van der Waals surface area contributed by atoms with Crippen LogP contribution in [-0.4, -0.2) is 54.4 Å². The average molecular weight is 1010 g/mol. The van der Waals surface area contributed by atoms with E-state index in [1.807, 2.05) is 109 Å². The molecule has 0 saturated heterocycles. The highest BCUT2D eigenvalue weighted by Gasteiger charge is 2.34. The van der Waals surface area contributed by atoms with E-state index in [9.17, 15) is 30.8 Å². The number of fused-ring (bicyclic) bond motifs is 4. The second kappa shape index (κ2) is 21.5. The summed E-state index contributed by atoms with van der Waals surface area (Å²) in [6.07, 6.45) is 2.46. The van der Waals surface area contributed by atoms with E-state index in [-0.39, 0.29) is 47.3 Å². The number of benzene rings is 7. The fourth-order valence-electron chi connectivity index (χ4n) is 10.4. The van der Waals surface area contributed by atoms with E-state index in [4.69, 9.17) is 21.0 Å². The lowest BCUT2D eigenvalue weighted by Crippen LogP contribution is -2.29. The number of unbranched alkanes of at least 4 members (excludes halogenated alkanes) is 1. The van der Waals surface area contributed by atoms with Crippen molar-refractivity contribution >= 4 is 27.8 Å². The van der Waals surface area contributed by atoms with E-state index in [2.05, 4.69) is 23.6 Å². The molecule has 3 heterocycles. The van der Waals surface area contributed by atoms with Crippen LogP contribution in [0.3, 0.4) is 0 Å². The summed E-state index contributed by atoms with van der Waals surface area (Å²) >= 11 is 0. The van der Waals surface area contributed by atoms with Gasteiger partial charge >= 0.3 is 0 Å². The molecule has 1 aliphatic heterocycles. The van der Waals surface area contributed by atoms with Crippen molar-refractivity contribution in [1.29, 1.82) is 5.26 Å². The van der Waals surface area contributed by atoms with Crippen molar-refractivity contribution in [3.8, 4) is 64.0 Å². The van der Waals surface area contributed by atoms with Crippen molar-refractivity contribution in [3.63, 3.8) is 0 Å². The van der Waals surface area contributed by atoms with Crippen LogP contribution in [-0.2, 0) is 12.8 Å². The van der Waals surface area contributed by atoms with Crippen LogP contribution >= 0.6 is 0 Å². The summed E-state index contributed by atoms with van der Waals surface area (Å²) in [6, 6.07) is 50.3. The Kier molecular flexibility index (Phi) is 14.1. The van der Waals surface area contributed by atoms with Crippen LogP contribution in [0.1, 0.15) is 71.9 Å². The van der Waals surface area contributed by atoms with Gasteiger partial charge in [0.2, 0.25) is 23.5 Å². The zero-order valence-electron chi connectivity index (χ0n) is 42.4. The third-order valence-corrected chi connectivity index (χ3v) is 14.4. The van der Waals surface area contributed by atoms with Gasteiger partial charge in [0.15, 0.2) is 11.5 Å². The fourth-order valence-corrected chi connectivity index (χ4v) is 10.4. The minimum atomic E-state index is -0.598. The van der Waals surface area contributed by atoms with Gasteiger partial charge in [-0.05, 0) is 115 Å². The van der Waals surface area contributed by atoms with Crippen LogP contribution in [0.15, 0.2) is 163 Å². The maximum absolute atomic E-state index is 12.3. The van der Waals surface area contributed by atoms with E-state index in [1.165, 1.54) is 21.3 Å². The van der Waals surface area contributed by atoms with Gasteiger partial charge in [0.1, 0.15) is 29.2 Å². The highest BCUT2D eigenvalue weighted by atomic mass is 16.5. The Morgan fingerprint density at radius 3 is 2.01 bits per heavy atom. The summed E-state index contributed by atoms with van der Waals surface area (Å²) in [5.74, 6) is 0.421. The molecule has 13 nitrogen and oxygen atoms in total. The molecule has 9 aromatic rings. The Hall–Kier alpha value is -9.59. The Bertz CT molecular complexity index is 3800. The summed E-state index contributed by atoms with van der Waals surface area (Å²) in [6.45, 7) is 15.3. The van der Waals surface area contributed by atoms with Crippen molar-refractivity contribution in [1.82, 2.24) is 9.13 Å². The molecule has 7 aromatic carbocycles. The largest absolute Gasteiger partial charge is 0.508 e. The van der Waals surface area contributed by atoms with E-state index >= 15 is 0 Å². The molecule has 2 unspecified atom stereocenters. The van der Waals surface area contributed by atoms with Crippen LogP contribution in [0.5, 0.6) is 46.5 Å². The number of phenols is 1. The number of phenolic OH excluding ortho intramolecular Hbond substituents is 1. The maximum atomic E-state index is 12.3. The predicted octanol–water partition coefficient (Wildman–Crippen LogP) is 12.3. The molecule has 0 radical (unpaired) electrons. The standard InChI is InChI=1S/C63H56N6O7/c1-5-6-31-67(45-25-30-54-56(35-45)76-57-37-52(55(38-64)65-4)48-19-13-14-20-49(48)59(57)66-54)32-33-75-47-28-23-44(24-29-47)68-60(71)40(3)50(61(68)72)36-51(42-17-11-8-12-18-42)58-53(34-39(2)41-15-9-7-10-16-41)62(73)69(63(58)74)43-21-26-46(70)27-22-43/h7-30,35,37,39,51,70-74H,5-6,31-34,36H2,1-3H3. The van der Waals surface area contributed by atoms with Crippen LogP contribution in [0.2, 0.25) is 0 Å². The Morgan fingerprint density at radius 1 is 0.711 bits per heavy atom. The summed E-state index contributed by atoms with van der Waals surface area (Å²) in [4.78, 5) is 10.7. The zero-order chi connectivity index (χ0) is 53.0. The lowest BCUT2D eigenvalue weighted by Gasteiger charge is -2.26. The minimum Gasteiger partial charge on any atom is -0.508 e. The molecule has 380 valence electrons. The molecular formula is C63H56N6O7. The molecule has 0 spiro atoms. The zero-order valence-corrected chi connectivity index (χ0v) is 42.4. The van der Waals surface area contributed by atoms with Gasteiger partial charge in [-0.15, -0.1) is 0 Å². The van der Waals surface area contributed by atoms with Crippen molar-refractivity contribution < 1.29 is 35.0 Å². The summed E-state index contributed by atoms with van der Waals surface area (Å²) in [5, 5.41) is 70.9. The van der Waals surface area contributed by atoms with Gasteiger partial charge in [-0.1, -0.05) is 105 Å². The van der Waals surface area contributed by atoms with Crippen molar-refractivity contribution in [2.75, 3.05) is 24.6 Å². The topological polar surface area (TPSA) is 173 Å². The molecule has 2 aromatic heterocycles. The van der Waals surface area contributed by atoms with Gasteiger partial charge in [0, 0.05) is 57.1 Å². The first-order chi connectivity index (χ1) is 37.0. The van der Waals surface area contributed by atoms with E-state index in [0.717, 1.165) is 47.0 Å². The predicted molar refractivity (Wildman–Crippen MR) is 294 cm³/mol.